The van der Waals surface area contributed by atoms with Crippen LogP contribution in [-0.4, -0.2) is 22.0 Å². The van der Waals surface area contributed by atoms with Crippen molar-refractivity contribution < 1.29 is 0 Å². The molecule has 25 heavy (non-hydrogen) atoms. The Morgan fingerprint density at radius 2 is 1.52 bits per heavy atom. The third-order valence-electron chi connectivity index (χ3n) is 3.62. The summed E-state index contributed by atoms with van der Waals surface area (Å²) in [7, 11) is 0. The molecule has 2 aromatic carbocycles. The molecule has 1 aromatic heterocycles. The normalized spacial score (nSPS) is 11.4. The molecular formula is C20H15ClN4. The molecule has 0 saturated heterocycles. The largest absolute Gasteiger partial charge is 0.265 e. The van der Waals surface area contributed by atoms with Crippen LogP contribution in [0.15, 0.2) is 77.8 Å². The fourth-order valence-electron chi connectivity index (χ4n) is 2.43. The number of nitriles is 1. The first-order valence-electron chi connectivity index (χ1n) is 7.82. The second kappa shape index (κ2) is 8.18. The summed E-state index contributed by atoms with van der Waals surface area (Å²) in [4.78, 5) is 4.71. The number of benzene rings is 2. The number of rotatable bonds is 5. The lowest BCUT2D eigenvalue weighted by Crippen LogP contribution is -2.13. The van der Waals surface area contributed by atoms with Crippen molar-refractivity contribution in [2.24, 2.45) is 4.99 Å². The van der Waals surface area contributed by atoms with Crippen molar-refractivity contribution in [3.63, 3.8) is 0 Å². The first-order chi connectivity index (χ1) is 12.3. The van der Waals surface area contributed by atoms with Crippen LogP contribution in [0, 0.1) is 11.3 Å². The Morgan fingerprint density at radius 3 is 2.00 bits per heavy atom. The molecule has 0 bridgehead atoms. The Labute approximate surface area is 151 Å². The highest BCUT2D eigenvalue weighted by Crippen LogP contribution is 2.14. The monoisotopic (exact) mass is 346 g/mol. The molecule has 0 spiro atoms. The molecule has 122 valence electrons. The number of nitrogens with zero attached hydrogens (tertiary/aromatic N) is 4. The quantitative estimate of drug-likeness (QED) is 0.653. The zero-order valence-electron chi connectivity index (χ0n) is 13.4. The molecule has 0 radical (unpaired) electrons. The summed E-state index contributed by atoms with van der Waals surface area (Å²) in [6, 6.07) is 24.8. The van der Waals surface area contributed by atoms with Gasteiger partial charge in [-0.15, -0.1) is 5.10 Å². The van der Waals surface area contributed by atoms with Crippen LogP contribution in [-0.2, 0) is 6.42 Å². The highest BCUT2D eigenvalue weighted by Gasteiger charge is 2.13. The third kappa shape index (κ3) is 4.50. The predicted molar refractivity (Wildman–Crippen MR) is 98.7 cm³/mol. The van der Waals surface area contributed by atoms with Crippen molar-refractivity contribution >= 4 is 17.3 Å². The van der Waals surface area contributed by atoms with Crippen LogP contribution in [0.5, 0.6) is 0 Å². The van der Waals surface area contributed by atoms with Crippen molar-refractivity contribution in [3.8, 4) is 6.07 Å². The fourth-order valence-corrected chi connectivity index (χ4v) is 2.54. The van der Waals surface area contributed by atoms with Gasteiger partial charge in [0.1, 0.15) is 6.04 Å². The van der Waals surface area contributed by atoms with Crippen LogP contribution in [0.3, 0.4) is 0 Å². The average Bonchev–Trinajstić information content (AvgIpc) is 2.68. The molecule has 0 fully saturated rings. The van der Waals surface area contributed by atoms with Crippen LogP contribution in [0.1, 0.15) is 16.8 Å². The van der Waals surface area contributed by atoms with Gasteiger partial charge in [0.25, 0.3) is 0 Å². The number of aromatic nitrogens is 2. The second-order valence-electron chi connectivity index (χ2n) is 5.41. The smallest absolute Gasteiger partial charge is 0.151 e. The molecule has 1 atom stereocenters. The van der Waals surface area contributed by atoms with Crippen molar-refractivity contribution in [1.29, 1.82) is 5.26 Å². The maximum atomic E-state index is 9.55. The maximum Gasteiger partial charge on any atom is 0.151 e. The van der Waals surface area contributed by atoms with Gasteiger partial charge in [0.2, 0.25) is 0 Å². The van der Waals surface area contributed by atoms with Gasteiger partial charge in [0.15, 0.2) is 5.15 Å². The van der Waals surface area contributed by atoms with E-state index in [1.54, 1.807) is 12.1 Å². The van der Waals surface area contributed by atoms with E-state index in [2.05, 4.69) is 16.3 Å². The number of hydrogen-bond donors (Lipinski definition) is 0. The minimum atomic E-state index is -0.564. The van der Waals surface area contributed by atoms with Gasteiger partial charge in [0, 0.05) is 17.5 Å². The van der Waals surface area contributed by atoms with Gasteiger partial charge in [-0.1, -0.05) is 72.3 Å². The zero-order valence-corrected chi connectivity index (χ0v) is 14.1. The van der Waals surface area contributed by atoms with E-state index < -0.39 is 6.04 Å². The summed E-state index contributed by atoms with van der Waals surface area (Å²) in [6.45, 7) is 0. The molecule has 0 aliphatic rings. The van der Waals surface area contributed by atoms with Crippen molar-refractivity contribution in [2.45, 2.75) is 12.5 Å². The molecule has 0 aliphatic carbocycles. The van der Waals surface area contributed by atoms with Crippen LogP contribution in [0.2, 0.25) is 5.15 Å². The van der Waals surface area contributed by atoms with Crippen LogP contribution < -0.4 is 0 Å². The average molecular weight is 347 g/mol. The molecule has 0 amide bonds. The summed E-state index contributed by atoms with van der Waals surface area (Å²) < 4.78 is 0. The highest BCUT2D eigenvalue weighted by molar-refractivity contribution is 6.29. The molecule has 0 N–H and O–H groups in total. The zero-order chi connectivity index (χ0) is 17.5. The van der Waals surface area contributed by atoms with E-state index >= 15 is 0 Å². The second-order valence-corrected chi connectivity index (χ2v) is 5.79. The van der Waals surface area contributed by atoms with Gasteiger partial charge in [-0.2, -0.15) is 10.4 Å². The van der Waals surface area contributed by atoms with E-state index in [9.17, 15) is 5.26 Å². The Hall–Kier alpha value is -3.03. The SMILES string of the molecule is N#CC(Cc1ccc(Cl)nn1)N=C(c1ccccc1)c1ccccc1. The molecule has 3 rings (SSSR count). The molecule has 0 aliphatic heterocycles. The molecular weight excluding hydrogens is 332 g/mol. The molecule has 4 nitrogen and oxygen atoms in total. The number of aliphatic imine (C=N–C) groups is 1. The van der Waals surface area contributed by atoms with Gasteiger partial charge in [0.05, 0.1) is 17.5 Å². The Morgan fingerprint density at radius 1 is 0.920 bits per heavy atom. The van der Waals surface area contributed by atoms with E-state index in [-0.39, 0.29) is 0 Å². The van der Waals surface area contributed by atoms with Crippen molar-refractivity contribution in [1.82, 2.24) is 10.2 Å². The summed E-state index contributed by atoms with van der Waals surface area (Å²) in [5.74, 6) is 0. The third-order valence-corrected chi connectivity index (χ3v) is 3.82. The van der Waals surface area contributed by atoms with E-state index in [0.29, 0.717) is 17.3 Å². The summed E-state index contributed by atoms with van der Waals surface area (Å²) in [6.07, 6.45) is 0.379. The van der Waals surface area contributed by atoms with E-state index in [0.717, 1.165) is 16.8 Å². The minimum Gasteiger partial charge on any atom is -0.265 e. The van der Waals surface area contributed by atoms with Gasteiger partial charge in [-0.3, -0.25) is 4.99 Å². The number of hydrogen-bond acceptors (Lipinski definition) is 4. The first-order valence-corrected chi connectivity index (χ1v) is 8.20. The Bertz CT molecular complexity index is 843. The maximum absolute atomic E-state index is 9.55. The summed E-state index contributed by atoms with van der Waals surface area (Å²) >= 11 is 5.76. The predicted octanol–water partition coefficient (Wildman–Crippen LogP) is 4.10. The number of halogens is 1. The molecule has 1 unspecified atom stereocenters. The summed E-state index contributed by atoms with van der Waals surface area (Å²) in [5.41, 5.74) is 3.40. The van der Waals surface area contributed by atoms with E-state index in [4.69, 9.17) is 16.6 Å². The van der Waals surface area contributed by atoms with Crippen molar-refractivity contribution in [2.75, 3.05) is 0 Å². The highest BCUT2D eigenvalue weighted by atomic mass is 35.5. The van der Waals surface area contributed by atoms with E-state index in [1.807, 2.05) is 60.7 Å². The Kier molecular flexibility index (Phi) is 5.50. The molecule has 3 aromatic rings. The standard InChI is InChI=1S/C20H15ClN4/c21-19-12-11-17(24-25-19)13-18(14-22)23-20(15-7-3-1-4-8-15)16-9-5-2-6-10-16/h1-12,18H,13H2. The fraction of sp³-hybridized carbons (Fsp3) is 0.100. The summed E-state index contributed by atoms with van der Waals surface area (Å²) in [5, 5.41) is 17.7. The van der Waals surface area contributed by atoms with Crippen LogP contribution >= 0.6 is 11.6 Å². The lowest BCUT2D eigenvalue weighted by atomic mass is 10.0. The molecule has 5 heteroatoms. The lowest BCUT2D eigenvalue weighted by molar-refractivity contribution is 0.779. The first kappa shape index (κ1) is 16.8. The van der Waals surface area contributed by atoms with Gasteiger partial charge in [-0.05, 0) is 12.1 Å². The van der Waals surface area contributed by atoms with Crippen LogP contribution in [0.25, 0.3) is 0 Å². The van der Waals surface area contributed by atoms with Gasteiger partial charge in [-0.25, -0.2) is 0 Å². The lowest BCUT2D eigenvalue weighted by Gasteiger charge is -2.10. The molecule has 0 saturated carbocycles. The topological polar surface area (TPSA) is 61.9 Å². The van der Waals surface area contributed by atoms with Crippen LogP contribution in [0.4, 0.5) is 0 Å². The van der Waals surface area contributed by atoms with Gasteiger partial charge < -0.3 is 0 Å². The molecule has 1 heterocycles. The Balaban J connectivity index is 1.96. The van der Waals surface area contributed by atoms with E-state index in [1.165, 1.54) is 0 Å². The minimum absolute atomic E-state index is 0.329. The van der Waals surface area contributed by atoms with Gasteiger partial charge >= 0.3 is 0 Å². The van der Waals surface area contributed by atoms with Crippen molar-refractivity contribution in [3.05, 3.63) is 94.8 Å².